The van der Waals surface area contributed by atoms with Gasteiger partial charge in [-0.05, 0) is 40.9 Å². The van der Waals surface area contributed by atoms with Crippen molar-refractivity contribution in [1.29, 1.82) is 0 Å². The van der Waals surface area contributed by atoms with E-state index >= 15 is 0 Å². The molecule has 2 N–H and O–H groups in total. The highest BCUT2D eigenvalue weighted by atomic mass is 79.9. The summed E-state index contributed by atoms with van der Waals surface area (Å²) in [7, 11) is 0. The van der Waals surface area contributed by atoms with Gasteiger partial charge in [-0.25, -0.2) is 14.0 Å². The summed E-state index contributed by atoms with van der Waals surface area (Å²) in [6, 6.07) is 0.831. The molecule has 5 nitrogen and oxygen atoms in total. The van der Waals surface area contributed by atoms with E-state index in [-0.39, 0.29) is 10.7 Å². The average molecular weight is 366 g/mol. The Kier molecular flexibility index (Phi) is 4.49. The number of halogens is 3. The summed E-state index contributed by atoms with van der Waals surface area (Å²) in [5, 5.41) is 11.6. The Labute approximate surface area is 127 Å². The number of carbonyl (C=O) groups excluding carboxylic acids is 1. The number of aliphatic carboxylic acids is 1. The second kappa shape index (κ2) is 5.97. The highest BCUT2D eigenvalue weighted by Gasteiger charge is 2.34. The molecule has 2 amide bonds. The van der Waals surface area contributed by atoms with Crippen molar-refractivity contribution >= 4 is 45.2 Å². The first-order valence-electron chi connectivity index (χ1n) is 5.85. The minimum atomic E-state index is -1.04. The number of nitrogens with one attached hydrogen (secondary N) is 1. The molecule has 1 fully saturated rings. The lowest BCUT2D eigenvalue weighted by molar-refractivity contribution is -0.141. The molecule has 108 valence electrons. The van der Waals surface area contributed by atoms with E-state index in [2.05, 4.69) is 21.2 Å². The molecular formula is C12H11BrClFN2O3. The molecule has 1 aliphatic heterocycles. The van der Waals surface area contributed by atoms with Gasteiger partial charge in [-0.15, -0.1) is 0 Å². The molecule has 0 radical (unpaired) electrons. The van der Waals surface area contributed by atoms with Gasteiger partial charge in [0.05, 0.1) is 10.7 Å². The summed E-state index contributed by atoms with van der Waals surface area (Å²) in [4.78, 5) is 24.4. The number of amides is 2. The van der Waals surface area contributed by atoms with Crippen LogP contribution in [0.15, 0.2) is 16.6 Å². The van der Waals surface area contributed by atoms with Crippen LogP contribution in [0.2, 0.25) is 5.02 Å². The minimum Gasteiger partial charge on any atom is -0.480 e. The van der Waals surface area contributed by atoms with Crippen molar-refractivity contribution < 1.29 is 19.1 Å². The molecule has 1 heterocycles. The fourth-order valence-electron chi connectivity index (χ4n) is 2.11. The van der Waals surface area contributed by atoms with Gasteiger partial charge in [-0.1, -0.05) is 11.6 Å². The summed E-state index contributed by atoms with van der Waals surface area (Å²) >= 11 is 8.97. The van der Waals surface area contributed by atoms with Crippen LogP contribution < -0.4 is 5.32 Å². The van der Waals surface area contributed by atoms with E-state index in [1.807, 2.05) is 0 Å². The van der Waals surface area contributed by atoms with Crippen molar-refractivity contribution in [2.75, 3.05) is 11.9 Å². The highest BCUT2D eigenvalue weighted by Crippen LogP contribution is 2.32. The Morgan fingerprint density at radius 2 is 2.20 bits per heavy atom. The number of carboxylic acid groups (broad SMARTS) is 1. The van der Waals surface area contributed by atoms with Gasteiger partial charge in [0.15, 0.2) is 0 Å². The van der Waals surface area contributed by atoms with Crippen molar-refractivity contribution in [3.8, 4) is 0 Å². The largest absolute Gasteiger partial charge is 0.480 e. The number of nitrogens with zero attached hydrogens (tertiary/aromatic N) is 1. The van der Waals surface area contributed by atoms with Crippen molar-refractivity contribution in [3.05, 3.63) is 27.4 Å². The first-order chi connectivity index (χ1) is 9.40. The van der Waals surface area contributed by atoms with Gasteiger partial charge in [0.25, 0.3) is 0 Å². The first kappa shape index (κ1) is 15.1. The van der Waals surface area contributed by atoms with Gasteiger partial charge >= 0.3 is 12.0 Å². The van der Waals surface area contributed by atoms with Crippen LogP contribution in [0, 0.1) is 5.82 Å². The maximum Gasteiger partial charge on any atom is 0.326 e. The first-order valence-corrected chi connectivity index (χ1v) is 7.02. The summed E-state index contributed by atoms with van der Waals surface area (Å²) < 4.78 is 13.4. The molecule has 8 heteroatoms. The molecule has 0 spiro atoms. The zero-order valence-corrected chi connectivity index (χ0v) is 12.5. The van der Waals surface area contributed by atoms with Crippen LogP contribution in [0.3, 0.4) is 0 Å². The van der Waals surface area contributed by atoms with E-state index in [0.29, 0.717) is 23.9 Å². The molecule has 20 heavy (non-hydrogen) atoms. The number of rotatable bonds is 2. The zero-order valence-electron chi connectivity index (χ0n) is 10.2. The maximum atomic E-state index is 13.1. The van der Waals surface area contributed by atoms with E-state index in [4.69, 9.17) is 16.7 Å². The Balaban J connectivity index is 2.18. The zero-order chi connectivity index (χ0) is 14.9. The van der Waals surface area contributed by atoms with Crippen molar-refractivity contribution in [1.82, 2.24) is 4.90 Å². The predicted molar refractivity (Wildman–Crippen MR) is 75.5 cm³/mol. The normalized spacial score (nSPS) is 18.1. The number of urea groups is 1. The number of hydrogen-bond acceptors (Lipinski definition) is 2. The highest BCUT2D eigenvalue weighted by molar-refractivity contribution is 9.10. The SMILES string of the molecule is O=C(O)C1CCCN1C(=O)Nc1c(Cl)cc(F)cc1Br. The fourth-order valence-corrected chi connectivity index (χ4v) is 3.01. The molecular weight excluding hydrogens is 354 g/mol. The van der Waals surface area contributed by atoms with Gasteiger partial charge < -0.3 is 15.3 Å². The summed E-state index contributed by atoms with van der Waals surface area (Å²) in [6.45, 7) is 0.360. The molecule has 1 saturated heterocycles. The quantitative estimate of drug-likeness (QED) is 0.844. The van der Waals surface area contributed by atoms with Gasteiger partial charge in [-0.3, -0.25) is 0 Å². The van der Waals surface area contributed by atoms with Crippen LogP contribution in [0.4, 0.5) is 14.9 Å². The minimum absolute atomic E-state index is 0.0382. The molecule has 0 aliphatic carbocycles. The van der Waals surface area contributed by atoms with E-state index in [1.54, 1.807) is 0 Å². The Morgan fingerprint density at radius 3 is 2.80 bits per heavy atom. The number of anilines is 1. The van der Waals surface area contributed by atoms with Crippen molar-refractivity contribution in [2.24, 2.45) is 0 Å². The second-order valence-corrected chi connectivity index (χ2v) is 5.63. The molecule has 1 aromatic rings. The van der Waals surface area contributed by atoms with Gasteiger partial charge in [0.2, 0.25) is 0 Å². The van der Waals surface area contributed by atoms with Crippen LogP contribution in [-0.2, 0) is 4.79 Å². The van der Waals surface area contributed by atoms with E-state index in [9.17, 15) is 14.0 Å². The fraction of sp³-hybridized carbons (Fsp3) is 0.333. The summed E-state index contributed by atoms with van der Waals surface area (Å²) in [5.74, 6) is -1.58. The standard InChI is InChI=1S/C12H11BrClFN2O3/c13-7-4-6(15)5-8(14)10(7)16-12(20)17-3-1-2-9(17)11(18)19/h4-5,9H,1-3H2,(H,16,20)(H,18,19). The third kappa shape index (κ3) is 3.04. The average Bonchev–Trinajstić information content (AvgIpc) is 2.82. The molecule has 1 aliphatic rings. The number of hydrogen-bond donors (Lipinski definition) is 2. The van der Waals surface area contributed by atoms with Gasteiger partial charge in [0, 0.05) is 11.0 Å². The summed E-state index contributed by atoms with van der Waals surface area (Å²) in [6.07, 6.45) is 1.05. The van der Waals surface area contributed by atoms with Gasteiger partial charge in [0.1, 0.15) is 11.9 Å². The van der Waals surface area contributed by atoms with Crippen LogP contribution >= 0.6 is 27.5 Å². The second-order valence-electron chi connectivity index (χ2n) is 4.36. The third-order valence-corrected chi connectivity index (χ3v) is 3.96. The van der Waals surface area contributed by atoms with Crippen molar-refractivity contribution in [3.63, 3.8) is 0 Å². The third-order valence-electron chi connectivity index (χ3n) is 3.04. The number of benzene rings is 1. The number of carbonyl (C=O) groups is 2. The summed E-state index contributed by atoms with van der Waals surface area (Å²) in [5.41, 5.74) is 0.217. The van der Waals surface area contributed by atoms with Crippen LogP contribution in [0.25, 0.3) is 0 Å². The smallest absolute Gasteiger partial charge is 0.326 e. The van der Waals surface area contributed by atoms with Crippen LogP contribution in [0.5, 0.6) is 0 Å². The monoisotopic (exact) mass is 364 g/mol. The Hall–Kier alpha value is -1.34. The van der Waals surface area contributed by atoms with E-state index in [0.717, 1.165) is 6.07 Å². The predicted octanol–water partition coefficient (Wildman–Crippen LogP) is 3.32. The molecule has 1 aromatic carbocycles. The Morgan fingerprint density at radius 1 is 1.50 bits per heavy atom. The molecule has 1 atom stereocenters. The maximum absolute atomic E-state index is 13.1. The lowest BCUT2D eigenvalue weighted by Gasteiger charge is -2.22. The Bertz CT molecular complexity index is 547. The number of carboxylic acids is 1. The molecule has 2 rings (SSSR count). The molecule has 0 aromatic heterocycles. The van der Waals surface area contributed by atoms with E-state index in [1.165, 1.54) is 11.0 Å². The lowest BCUT2D eigenvalue weighted by atomic mass is 10.2. The van der Waals surface area contributed by atoms with Crippen molar-refractivity contribution in [2.45, 2.75) is 18.9 Å². The van der Waals surface area contributed by atoms with Crippen LogP contribution in [0.1, 0.15) is 12.8 Å². The molecule has 0 bridgehead atoms. The van der Waals surface area contributed by atoms with Gasteiger partial charge in [-0.2, -0.15) is 0 Å². The molecule has 0 saturated carbocycles. The van der Waals surface area contributed by atoms with Crippen LogP contribution in [-0.4, -0.2) is 34.6 Å². The topological polar surface area (TPSA) is 69.6 Å². The lowest BCUT2D eigenvalue weighted by Crippen LogP contribution is -2.42. The number of likely N-dealkylation sites (tertiary alicyclic amines) is 1. The molecule has 1 unspecified atom stereocenters. The van der Waals surface area contributed by atoms with E-state index < -0.39 is 23.9 Å².